The van der Waals surface area contributed by atoms with E-state index in [1.807, 2.05) is 16.8 Å². The zero-order chi connectivity index (χ0) is 12.4. The van der Waals surface area contributed by atoms with E-state index >= 15 is 0 Å². The van der Waals surface area contributed by atoms with Crippen LogP contribution in [-0.4, -0.2) is 20.9 Å². The van der Waals surface area contributed by atoms with Crippen molar-refractivity contribution in [3.05, 3.63) is 45.6 Å². The van der Waals surface area contributed by atoms with Gasteiger partial charge in [-0.2, -0.15) is 11.3 Å². The maximum atomic E-state index is 4.42. The quantitative estimate of drug-likeness (QED) is 0.802. The molecule has 1 N–H and O–H groups in total. The third kappa shape index (κ3) is 2.39. The highest BCUT2D eigenvalue weighted by atomic mass is 79.9. The van der Waals surface area contributed by atoms with Crippen LogP contribution in [0.15, 0.2) is 40.0 Å². The molecule has 0 amide bonds. The molecule has 0 aliphatic carbocycles. The Hall–Kier alpha value is -1.40. The molecule has 0 unspecified atom stereocenters. The van der Waals surface area contributed by atoms with Crippen LogP contribution < -0.4 is 5.32 Å². The van der Waals surface area contributed by atoms with Crippen LogP contribution in [0.3, 0.4) is 0 Å². The number of thiophene rings is 1. The fraction of sp³-hybridized carbons (Fsp3) is 0.167. The van der Waals surface area contributed by atoms with E-state index in [1.165, 1.54) is 5.56 Å². The lowest BCUT2D eigenvalue weighted by Crippen LogP contribution is -2.07. The predicted octanol–water partition coefficient (Wildman–Crippen LogP) is 3.21. The van der Waals surface area contributed by atoms with Gasteiger partial charge in [-0.3, -0.25) is 0 Å². The van der Waals surface area contributed by atoms with Crippen molar-refractivity contribution < 1.29 is 0 Å². The van der Waals surface area contributed by atoms with Gasteiger partial charge in [0.1, 0.15) is 4.60 Å². The minimum absolute atomic E-state index is 0.797. The molecule has 3 heterocycles. The normalized spacial score (nSPS) is 10.9. The molecule has 0 spiro atoms. The van der Waals surface area contributed by atoms with Crippen LogP contribution in [0.25, 0.3) is 5.65 Å². The first kappa shape index (κ1) is 11.7. The average Bonchev–Trinajstić information content (AvgIpc) is 2.98. The highest BCUT2D eigenvalue weighted by Gasteiger charge is 2.05. The number of halogens is 1. The van der Waals surface area contributed by atoms with E-state index in [-0.39, 0.29) is 0 Å². The summed E-state index contributed by atoms with van der Waals surface area (Å²) in [6.45, 7) is 0.850. The standard InChI is InChI=1S/C12H11BrN4S/c13-10-7-17-5-4-15-12(17)11(16-10)14-3-1-9-2-6-18-8-9/h2,4-8H,1,3H2,(H,14,16). The lowest BCUT2D eigenvalue weighted by atomic mass is 10.2. The summed E-state index contributed by atoms with van der Waals surface area (Å²) in [6.07, 6.45) is 6.57. The molecular weight excluding hydrogens is 312 g/mol. The SMILES string of the molecule is Brc1cn2ccnc2c(NCCc2ccsc2)n1. The molecule has 0 bridgehead atoms. The van der Waals surface area contributed by atoms with Crippen LogP contribution in [0, 0.1) is 0 Å². The first-order valence-electron chi connectivity index (χ1n) is 5.57. The molecule has 0 aliphatic rings. The third-order valence-electron chi connectivity index (χ3n) is 2.63. The van der Waals surface area contributed by atoms with Crippen LogP contribution in [0.4, 0.5) is 5.82 Å². The number of hydrogen-bond donors (Lipinski definition) is 1. The van der Waals surface area contributed by atoms with Gasteiger partial charge >= 0.3 is 0 Å². The zero-order valence-corrected chi connectivity index (χ0v) is 11.9. The molecule has 0 saturated heterocycles. The van der Waals surface area contributed by atoms with E-state index in [0.717, 1.165) is 29.0 Å². The second-order valence-electron chi connectivity index (χ2n) is 3.88. The van der Waals surface area contributed by atoms with Gasteiger partial charge in [-0.15, -0.1) is 0 Å². The second-order valence-corrected chi connectivity index (χ2v) is 5.47. The molecule has 0 aliphatic heterocycles. The topological polar surface area (TPSA) is 42.2 Å². The van der Waals surface area contributed by atoms with Crippen LogP contribution in [-0.2, 0) is 6.42 Å². The number of hydrogen-bond acceptors (Lipinski definition) is 4. The molecule has 4 nitrogen and oxygen atoms in total. The minimum atomic E-state index is 0.797. The molecular formula is C12H11BrN4S. The average molecular weight is 323 g/mol. The van der Waals surface area contributed by atoms with Crippen LogP contribution in [0.5, 0.6) is 0 Å². The molecule has 0 radical (unpaired) electrons. The first-order chi connectivity index (χ1) is 8.83. The molecule has 92 valence electrons. The first-order valence-corrected chi connectivity index (χ1v) is 7.31. The van der Waals surface area contributed by atoms with Gasteiger partial charge < -0.3 is 9.72 Å². The van der Waals surface area contributed by atoms with Gasteiger partial charge in [0, 0.05) is 25.1 Å². The second kappa shape index (κ2) is 5.07. The van der Waals surface area contributed by atoms with Gasteiger partial charge in [0.15, 0.2) is 11.5 Å². The maximum Gasteiger partial charge on any atom is 0.180 e. The Bertz CT molecular complexity index is 647. The van der Waals surface area contributed by atoms with Gasteiger partial charge in [0.05, 0.1) is 0 Å². The molecule has 3 aromatic rings. The lowest BCUT2D eigenvalue weighted by molar-refractivity contribution is 0.998. The maximum absolute atomic E-state index is 4.42. The van der Waals surface area contributed by atoms with E-state index in [4.69, 9.17) is 0 Å². The Morgan fingerprint density at radius 2 is 2.39 bits per heavy atom. The third-order valence-corrected chi connectivity index (χ3v) is 3.75. The molecule has 18 heavy (non-hydrogen) atoms. The summed E-state index contributed by atoms with van der Waals surface area (Å²) in [5.41, 5.74) is 2.20. The number of rotatable bonds is 4. The number of nitrogens with zero attached hydrogens (tertiary/aromatic N) is 3. The fourth-order valence-corrected chi connectivity index (χ4v) is 2.88. The van der Waals surface area contributed by atoms with Crippen molar-refractivity contribution >= 4 is 38.7 Å². The number of fused-ring (bicyclic) bond motifs is 1. The van der Waals surface area contributed by atoms with Gasteiger partial charge in [0.2, 0.25) is 0 Å². The summed E-state index contributed by atoms with van der Waals surface area (Å²) < 4.78 is 2.75. The zero-order valence-electron chi connectivity index (χ0n) is 9.51. The fourth-order valence-electron chi connectivity index (χ4n) is 1.78. The Balaban J connectivity index is 1.75. The van der Waals surface area contributed by atoms with Crippen LogP contribution in [0.1, 0.15) is 5.56 Å². The molecule has 0 fully saturated rings. The summed E-state index contributed by atoms with van der Waals surface area (Å²) in [7, 11) is 0. The Morgan fingerprint density at radius 3 is 3.22 bits per heavy atom. The van der Waals surface area contributed by atoms with E-state index in [1.54, 1.807) is 17.5 Å². The molecule has 3 rings (SSSR count). The highest BCUT2D eigenvalue weighted by molar-refractivity contribution is 9.10. The van der Waals surface area contributed by atoms with Gasteiger partial charge in [-0.05, 0) is 44.7 Å². The van der Waals surface area contributed by atoms with Gasteiger partial charge in [-0.1, -0.05) is 0 Å². The van der Waals surface area contributed by atoms with Crippen molar-refractivity contribution in [2.75, 3.05) is 11.9 Å². The van der Waals surface area contributed by atoms with Gasteiger partial charge in [-0.25, -0.2) is 9.97 Å². The lowest BCUT2D eigenvalue weighted by Gasteiger charge is -2.06. The molecule has 0 aromatic carbocycles. The molecule has 3 aromatic heterocycles. The monoisotopic (exact) mass is 322 g/mol. The Morgan fingerprint density at radius 1 is 1.44 bits per heavy atom. The summed E-state index contributed by atoms with van der Waals surface area (Å²) in [4.78, 5) is 8.71. The summed E-state index contributed by atoms with van der Waals surface area (Å²) >= 11 is 5.13. The molecule has 0 saturated carbocycles. The highest BCUT2D eigenvalue weighted by Crippen LogP contribution is 2.17. The van der Waals surface area contributed by atoms with E-state index < -0.39 is 0 Å². The minimum Gasteiger partial charge on any atom is -0.367 e. The van der Waals surface area contributed by atoms with Crippen molar-refractivity contribution in [3.63, 3.8) is 0 Å². The largest absolute Gasteiger partial charge is 0.367 e. The summed E-state index contributed by atoms with van der Waals surface area (Å²) in [5, 5.41) is 7.60. The van der Waals surface area contributed by atoms with Crippen molar-refractivity contribution in [2.24, 2.45) is 0 Å². The Labute approximate surface area is 117 Å². The number of nitrogens with one attached hydrogen (secondary N) is 1. The molecule has 0 atom stereocenters. The van der Waals surface area contributed by atoms with Crippen molar-refractivity contribution in [1.29, 1.82) is 0 Å². The summed E-state index contributed by atoms with van der Waals surface area (Å²) in [5.74, 6) is 0.810. The van der Waals surface area contributed by atoms with Crippen LogP contribution in [0.2, 0.25) is 0 Å². The van der Waals surface area contributed by atoms with E-state index in [9.17, 15) is 0 Å². The molecule has 6 heteroatoms. The summed E-state index contributed by atoms with van der Waals surface area (Å²) in [6, 6.07) is 2.14. The smallest absolute Gasteiger partial charge is 0.180 e. The number of aromatic nitrogens is 3. The van der Waals surface area contributed by atoms with E-state index in [0.29, 0.717) is 0 Å². The van der Waals surface area contributed by atoms with Crippen molar-refractivity contribution in [2.45, 2.75) is 6.42 Å². The number of imidazole rings is 1. The van der Waals surface area contributed by atoms with Gasteiger partial charge in [0.25, 0.3) is 0 Å². The van der Waals surface area contributed by atoms with Crippen LogP contribution >= 0.6 is 27.3 Å². The predicted molar refractivity (Wildman–Crippen MR) is 77.2 cm³/mol. The van der Waals surface area contributed by atoms with E-state index in [2.05, 4.69) is 48.0 Å². The van der Waals surface area contributed by atoms with Crippen molar-refractivity contribution in [3.8, 4) is 0 Å². The number of anilines is 1. The Kier molecular flexibility index (Phi) is 3.29. The van der Waals surface area contributed by atoms with Crippen molar-refractivity contribution in [1.82, 2.24) is 14.4 Å².